The second kappa shape index (κ2) is 9.70. The molecule has 8 nitrogen and oxygen atoms in total. The molecule has 3 rings (SSSR count). The summed E-state index contributed by atoms with van der Waals surface area (Å²) in [6.45, 7) is 4.75. The summed E-state index contributed by atoms with van der Waals surface area (Å²) in [5, 5.41) is 2.43. The first-order valence-electron chi connectivity index (χ1n) is 10.4. The van der Waals surface area contributed by atoms with E-state index in [9.17, 15) is 18.0 Å². The van der Waals surface area contributed by atoms with E-state index in [1.165, 1.54) is 17.7 Å². The van der Waals surface area contributed by atoms with Crippen molar-refractivity contribution < 1.29 is 27.5 Å². The van der Waals surface area contributed by atoms with E-state index in [0.717, 1.165) is 24.8 Å². The third-order valence-corrected chi connectivity index (χ3v) is 6.26. The summed E-state index contributed by atoms with van der Waals surface area (Å²) in [6, 6.07) is 11.7. The van der Waals surface area contributed by atoms with Crippen molar-refractivity contribution in [1.29, 1.82) is 0 Å². The van der Waals surface area contributed by atoms with Crippen molar-refractivity contribution in [2.75, 3.05) is 6.54 Å². The van der Waals surface area contributed by atoms with E-state index in [0.29, 0.717) is 5.75 Å². The largest absolute Gasteiger partial charge is 0.444 e. The molecule has 0 spiro atoms. The first-order valence-corrected chi connectivity index (χ1v) is 11.9. The van der Waals surface area contributed by atoms with Gasteiger partial charge in [-0.2, -0.15) is 4.72 Å². The molecule has 0 radical (unpaired) electrons. The molecular formula is C23H28N2O6S. The zero-order valence-corrected chi connectivity index (χ0v) is 19.2. The minimum absolute atomic E-state index is 0.00685. The third-order valence-electron chi connectivity index (χ3n) is 4.77. The van der Waals surface area contributed by atoms with Crippen molar-refractivity contribution in [3.05, 3.63) is 59.7 Å². The maximum absolute atomic E-state index is 12.9. The van der Waals surface area contributed by atoms with Gasteiger partial charge in [0, 0.05) is 6.54 Å². The molecule has 1 aliphatic rings. The predicted molar refractivity (Wildman–Crippen MR) is 119 cm³/mol. The minimum atomic E-state index is -4.03. The number of hydrogen-bond acceptors (Lipinski definition) is 6. The van der Waals surface area contributed by atoms with E-state index in [-0.39, 0.29) is 11.4 Å². The highest BCUT2D eigenvalue weighted by Gasteiger charge is 2.29. The maximum atomic E-state index is 12.9. The van der Waals surface area contributed by atoms with Crippen molar-refractivity contribution >= 4 is 22.1 Å². The van der Waals surface area contributed by atoms with Crippen LogP contribution in [0.3, 0.4) is 0 Å². The number of fused-ring (bicyclic) bond motifs is 1. The number of alkyl carbamates (subject to hydrolysis) is 1. The highest BCUT2D eigenvalue weighted by molar-refractivity contribution is 7.89. The van der Waals surface area contributed by atoms with Crippen molar-refractivity contribution in [3.8, 4) is 5.75 Å². The van der Waals surface area contributed by atoms with E-state index < -0.39 is 33.7 Å². The topological polar surface area (TPSA) is 111 Å². The van der Waals surface area contributed by atoms with Gasteiger partial charge in [0.25, 0.3) is 0 Å². The second-order valence-corrected chi connectivity index (χ2v) is 10.3. The summed E-state index contributed by atoms with van der Waals surface area (Å²) in [6.07, 6.45) is 2.17. The van der Waals surface area contributed by atoms with Gasteiger partial charge in [-0.25, -0.2) is 18.0 Å². The van der Waals surface area contributed by atoms with Crippen LogP contribution in [-0.2, 0) is 32.4 Å². The number of nitrogens with one attached hydrogen (secondary N) is 2. The van der Waals surface area contributed by atoms with Crippen molar-refractivity contribution in [1.82, 2.24) is 10.0 Å². The molecule has 9 heteroatoms. The van der Waals surface area contributed by atoms with E-state index in [1.807, 2.05) is 6.07 Å². The van der Waals surface area contributed by atoms with Crippen LogP contribution < -0.4 is 14.8 Å². The van der Waals surface area contributed by atoms with E-state index >= 15 is 0 Å². The lowest BCUT2D eigenvalue weighted by atomic mass is 10.1. The fourth-order valence-electron chi connectivity index (χ4n) is 3.33. The Hall–Kier alpha value is -2.91. The molecule has 0 saturated heterocycles. The molecule has 0 aromatic heterocycles. The number of amides is 1. The van der Waals surface area contributed by atoms with Crippen LogP contribution in [0, 0.1) is 0 Å². The molecule has 2 N–H and O–H groups in total. The smallest absolute Gasteiger partial charge is 0.407 e. The molecule has 2 aromatic rings. The van der Waals surface area contributed by atoms with Gasteiger partial charge in [-0.05, 0) is 75.4 Å². The maximum Gasteiger partial charge on any atom is 0.407 e. The molecule has 0 bridgehead atoms. The number of rotatable bonds is 7. The molecule has 0 unspecified atom stereocenters. The number of carbonyl (C=O) groups is 2. The molecule has 0 heterocycles. The van der Waals surface area contributed by atoms with Crippen LogP contribution in [0.1, 0.15) is 38.3 Å². The number of sulfonamides is 1. The van der Waals surface area contributed by atoms with Crippen LogP contribution in [0.5, 0.6) is 5.75 Å². The first kappa shape index (κ1) is 23.7. The molecule has 0 saturated carbocycles. The summed E-state index contributed by atoms with van der Waals surface area (Å²) in [7, 11) is -4.03. The lowest BCUT2D eigenvalue weighted by Gasteiger charge is -2.22. The fraction of sp³-hybridized carbons (Fsp3) is 0.391. The van der Waals surface area contributed by atoms with Crippen LogP contribution in [0.15, 0.2) is 53.4 Å². The lowest BCUT2D eigenvalue weighted by molar-refractivity contribution is -0.136. The summed E-state index contributed by atoms with van der Waals surface area (Å²) in [4.78, 5) is 24.9. The zero-order chi connectivity index (χ0) is 23.4. The van der Waals surface area contributed by atoms with Crippen LogP contribution in [0.4, 0.5) is 4.79 Å². The van der Waals surface area contributed by atoms with Crippen molar-refractivity contribution in [3.63, 3.8) is 0 Å². The molecule has 1 aliphatic carbocycles. The average molecular weight is 461 g/mol. The van der Waals surface area contributed by atoms with Crippen LogP contribution in [-0.4, -0.2) is 38.7 Å². The highest BCUT2D eigenvalue weighted by Crippen LogP contribution is 2.26. The summed E-state index contributed by atoms with van der Waals surface area (Å²) >= 11 is 0. The number of hydrogen-bond donors (Lipinski definition) is 2. The predicted octanol–water partition coefficient (Wildman–Crippen LogP) is 2.95. The molecule has 172 valence electrons. The quantitative estimate of drug-likeness (QED) is 0.486. The number of aryl methyl sites for hydroxylation is 2. The fourth-order valence-corrected chi connectivity index (χ4v) is 4.53. The number of carbonyl (C=O) groups excluding carboxylic acids is 2. The van der Waals surface area contributed by atoms with Gasteiger partial charge in [0.2, 0.25) is 10.0 Å². The highest BCUT2D eigenvalue weighted by atomic mass is 32.2. The molecule has 32 heavy (non-hydrogen) atoms. The molecule has 1 atom stereocenters. The molecule has 0 fully saturated rings. The van der Waals surface area contributed by atoms with Gasteiger partial charge in [-0.3, -0.25) is 0 Å². The van der Waals surface area contributed by atoms with Gasteiger partial charge in [-0.15, -0.1) is 0 Å². The number of esters is 1. The normalized spacial score (nSPS) is 14.3. The number of ether oxygens (including phenoxy) is 2. The number of benzene rings is 2. The SMILES string of the molecule is CC(C)(C)OC(=O)NC[C@H](NS(=O)(=O)c1ccccc1)C(=O)Oc1ccc2c(c1)CCC2. The van der Waals surface area contributed by atoms with Crippen molar-refractivity contribution in [2.24, 2.45) is 0 Å². The van der Waals surface area contributed by atoms with Gasteiger partial charge < -0.3 is 14.8 Å². The lowest BCUT2D eigenvalue weighted by Crippen LogP contribution is -2.50. The Morgan fingerprint density at radius 3 is 2.41 bits per heavy atom. The molecule has 1 amide bonds. The Kier molecular flexibility index (Phi) is 7.20. The van der Waals surface area contributed by atoms with Gasteiger partial charge in [-0.1, -0.05) is 24.3 Å². The Labute approximate surface area is 188 Å². The van der Waals surface area contributed by atoms with E-state index in [4.69, 9.17) is 9.47 Å². The van der Waals surface area contributed by atoms with Crippen LogP contribution in [0.25, 0.3) is 0 Å². The monoisotopic (exact) mass is 460 g/mol. The minimum Gasteiger partial charge on any atom is -0.444 e. The zero-order valence-electron chi connectivity index (χ0n) is 18.4. The van der Waals surface area contributed by atoms with Crippen molar-refractivity contribution in [2.45, 2.75) is 56.6 Å². The summed E-state index contributed by atoms with van der Waals surface area (Å²) in [5.74, 6) is -0.504. The third kappa shape index (κ3) is 6.54. The van der Waals surface area contributed by atoms with E-state index in [1.54, 1.807) is 51.1 Å². The molecule has 2 aromatic carbocycles. The van der Waals surface area contributed by atoms with E-state index in [2.05, 4.69) is 10.0 Å². The van der Waals surface area contributed by atoms with Gasteiger partial charge in [0.05, 0.1) is 4.90 Å². The van der Waals surface area contributed by atoms with Crippen LogP contribution >= 0.6 is 0 Å². The Morgan fingerprint density at radius 2 is 1.72 bits per heavy atom. The summed E-state index contributed by atoms with van der Waals surface area (Å²) in [5.41, 5.74) is 1.59. The standard InChI is InChI=1S/C23H28N2O6S/c1-23(2,3)31-22(27)24-15-20(25-32(28,29)19-10-5-4-6-11-19)21(26)30-18-13-12-16-8-7-9-17(16)14-18/h4-6,10-14,20,25H,7-9,15H2,1-3H3,(H,24,27)/t20-/m0/s1. The average Bonchev–Trinajstić information content (AvgIpc) is 3.18. The molecular weight excluding hydrogens is 432 g/mol. The molecule has 0 aliphatic heterocycles. The Bertz CT molecular complexity index is 1080. The van der Waals surface area contributed by atoms with Gasteiger partial charge in [0.1, 0.15) is 17.4 Å². The first-order chi connectivity index (χ1) is 15.0. The Morgan fingerprint density at radius 1 is 1.03 bits per heavy atom. The Balaban J connectivity index is 1.75. The van der Waals surface area contributed by atoms with Gasteiger partial charge in [0.15, 0.2) is 0 Å². The second-order valence-electron chi connectivity index (χ2n) is 8.57. The summed E-state index contributed by atoms with van der Waals surface area (Å²) < 4.78 is 38.5. The van der Waals surface area contributed by atoms with Crippen LogP contribution in [0.2, 0.25) is 0 Å². The van der Waals surface area contributed by atoms with Gasteiger partial charge >= 0.3 is 12.1 Å².